The summed E-state index contributed by atoms with van der Waals surface area (Å²) in [5, 5.41) is 0. The highest BCUT2D eigenvalue weighted by atomic mass is 32.2. The van der Waals surface area contributed by atoms with Gasteiger partial charge in [-0.2, -0.15) is 25.3 Å². The molecule has 0 heterocycles. The average molecular weight is 372 g/mol. The van der Waals surface area contributed by atoms with Gasteiger partial charge >= 0.3 is 0 Å². The van der Waals surface area contributed by atoms with Crippen LogP contribution in [0.3, 0.4) is 0 Å². The van der Waals surface area contributed by atoms with Crippen LogP contribution in [0.4, 0.5) is 0 Å². The predicted molar refractivity (Wildman–Crippen MR) is 69.5 cm³/mol. The second kappa shape index (κ2) is 7.28. The lowest BCUT2D eigenvalue weighted by Crippen LogP contribution is -2.46. The molecular weight excluding hydrogens is 356 g/mol. The Morgan fingerprint density at radius 2 is 1.14 bits per heavy atom. The number of methoxy groups -OCH3 is 1. The molecule has 3 N–H and O–H groups in total. The number of hydrogen-bond donors (Lipinski definition) is 3. The van der Waals surface area contributed by atoms with Crippen molar-refractivity contribution in [3.63, 3.8) is 0 Å². The molecule has 0 aromatic heterocycles. The van der Waals surface area contributed by atoms with E-state index in [2.05, 4.69) is 4.74 Å². The lowest BCUT2D eigenvalue weighted by molar-refractivity contribution is -0.0534. The molecular formula is C7H16O11S3. The minimum Gasteiger partial charge on any atom is -0.359 e. The van der Waals surface area contributed by atoms with Crippen molar-refractivity contribution in [3.05, 3.63) is 0 Å². The van der Waals surface area contributed by atoms with Crippen LogP contribution in [-0.2, 0) is 39.8 Å². The fraction of sp³-hybridized carbons (Fsp3) is 1.00. The monoisotopic (exact) mass is 372 g/mol. The van der Waals surface area contributed by atoms with Crippen molar-refractivity contribution in [2.24, 2.45) is 5.41 Å². The molecule has 0 aliphatic carbocycles. The lowest BCUT2D eigenvalue weighted by atomic mass is 9.97. The van der Waals surface area contributed by atoms with Crippen LogP contribution in [0.5, 0.6) is 0 Å². The van der Waals surface area contributed by atoms with Crippen molar-refractivity contribution in [2.75, 3.05) is 37.8 Å². The van der Waals surface area contributed by atoms with Gasteiger partial charge in [0, 0.05) is 12.5 Å². The third-order valence-electron chi connectivity index (χ3n) is 2.08. The molecule has 0 aromatic carbocycles. The van der Waals surface area contributed by atoms with E-state index in [1.165, 1.54) is 7.11 Å². The lowest BCUT2D eigenvalue weighted by Gasteiger charge is -2.29. The summed E-state index contributed by atoms with van der Waals surface area (Å²) in [6, 6.07) is 0. The Kier molecular flexibility index (Phi) is 7.15. The van der Waals surface area contributed by atoms with Crippen molar-refractivity contribution in [3.8, 4) is 0 Å². The SMILES string of the molecule is COCOCC(CS(=O)(=O)O)(CS(=O)(=O)O)CS(=O)(=O)O. The summed E-state index contributed by atoms with van der Waals surface area (Å²) in [4.78, 5) is 0. The molecule has 14 heteroatoms. The highest BCUT2D eigenvalue weighted by Crippen LogP contribution is 2.25. The molecule has 0 unspecified atom stereocenters. The highest BCUT2D eigenvalue weighted by Gasteiger charge is 2.43. The summed E-state index contributed by atoms with van der Waals surface area (Å²) >= 11 is 0. The smallest absolute Gasteiger partial charge is 0.265 e. The maximum atomic E-state index is 11.0. The third-order valence-corrected chi connectivity index (χ3v) is 5.01. The van der Waals surface area contributed by atoms with Gasteiger partial charge < -0.3 is 9.47 Å². The Morgan fingerprint density at radius 1 is 0.810 bits per heavy atom. The standard InChI is InChI=1S/C7H16O11S3/c1-17-6-18-2-7(3-19(8,9)10,4-20(11,12)13)5-21(14,15)16/h2-6H2,1H3,(H,8,9,10)(H,11,12,13)(H,14,15,16). The second-order valence-electron chi connectivity index (χ2n) is 4.43. The van der Waals surface area contributed by atoms with E-state index >= 15 is 0 Å². The Bertz CT molecular complexity index is 546. The van der Waals surface area contributed by atoms with Crippen LogP contribution in [0, 0.1) is 5.41 Å². The van der Waals surface area contributed by atoms with Gasteiger partial charge in [0.1, 0.15) is 6.79 Å². The molecule has 21 heavy (non-hydrogen) atoms. The van der Waals surface area contributed by atoms with Gasteiger partial charge in [-0.1, -0.05) is 0 Å². The van der Waals surface area contributed by atoms with E-state index in [0.29, 0.717) is 0 Å². The van der Waals surface area contributed by atoms with Crippen molar-refractivity contribution >= 4 is 30.4 Å². The van der Waals surface area contributed by atoms with Crippen LogP contribution in [0.2, 0.25) is 0 Å². The highest BCUT2D eigenvalue weighted by molar-refractivity contribution is 7.87. The van der Waals surface area contributed by atoms with Crippen LogP contribution >= 0.6 is 0 Å². The van der Waals surface area contributed by atoms with Crippen LogP contribution in [0.1, 0.15) is 0 Å². The summed E-state index contributed by atoms with van der Waals surface area (Å²) in [7, 11) is -13.3. The van der Waals surface area contributed by atoms with Crippen LogP contribution in [0.25, 0.3) is 0 Å². The molecule has 0 fully saturated rings. The van der Waals surface area contributed by atoms with E-state index in [0.717, 1.165) is 0 Å². The van der Waals surface area contributed by atoms with Gasteiger partial charge in [-0.3, -0.25) is 13.7 Å². The summed E-state index contributed by atoms with van der Waals surface area (Å²) < 4.78 is 102. The molecule has 0 rings (SSSR count). The molecule has 0 spiro atoms. The zero-order valence-electron chi connectivity index (χ0n) is 10.9. The molecule has 0 aliphatic heterocycles. The van der Waals surface area contributed by atoms with Crippen molar-refractivity contribution in [1.82, 2.24) is 0 Å². The van der Waals surface area contributed by atoms with Gasteiger partial charge in [-0.15, -0.1) is 0 Å². The second-order valence-corrected chi connectivity index (χ2v) is 8.79. The van der Waals surface area contributed by atoms with Gasteiger partial charge in [-0.05, 0) is 0 Å². The summed E-state index contributed by atoms with van der Waals surface area (Å²) in [6.45, 7) is -1.27. The van der Waals surface area contributed by atoms with Gasteiger partial charge in [0.2, 0.25) is 0 Å². The van der Waals surface area contributed by atoms with E-state index in [1.54, 1.807) is 0 Å². The maximum Gasteiger partial charge on any atom is 0.265 e. The molecule has 0 radical (unpaired) electrons. The molecule has 0 atom stereocenters. The molecule has 0 saturated heterocycles. The molecule has 0 amide bonds. The van der Waals surface area contributed by atoms with Gasteiger partial charge in [-0.25, -0.2) is 0 Å². The van der Waals surface area contributed by atoms with E-state index in [1.807, 2.05) is 0 Å². The zero-order chi connectivity index (χ0) is 16.9. The summed E-state index contributed by atoms with van der Waals surface area (Å²) in [5.41, 5.74) is -2.31. The zero-order valence-corrected chi connectivity index (χ0v) is 13.3. The van der Waals surface area contributed by atoms with Crippen LogP contribution < -0.4 is 0 Å². The van der Waals surface area contributed by atoms with E-state index in [4.69, 9.17) is 18.4 Å². The largest absolute Gasteiger partial charge is 0.359 e. The first-order valence-corrected chi connectivity index (χ1v) is 9.93. The first-order valence-electron chi connectivity index (χ1n) is 5.10. The van der Waals surface area contributed by atoms with Crippen molar-refractivity contribution in [1.29, 1.82) is 0 Å². The first-order chi connectivity index (χ1) is 9.18. The number of ether oxygens (including phenoxy) is 2. The van der Waals surface area contributed by atoms with Crippen molar-refractivity contribution in [2.45, 2.75) is 0 Å². The Labute approximate surface area is 122 Å². The summed E-state index contributed by atoms with van der Waals surface area (Å²) in [5.74, 6) is -4.12. The van der Waals surface area contributed by atoms with Gasteiger partial charge in [0.15, 0.2) is 0 Å². The van der Waals surface area contributed by atoms with E-state index < -0.39 is 66.4 Å². The van der Waals surface area contributed by atoms with Gasteiger partial charge in [0.05, 0.1) is 23.9 Å². The third kappa shape index (κ3) is 10.9. The topological polar surface area (TPSA) is 182 Å². The molecule has 0 aliphatic rings. The fourth-order valence-corrected chi connectivity index (χ4v) is 5.32. The van der Waals surface area contributed by atoms with Crippen molar-refractivity contribution < 1.29 is 48.4 Å². The van der Waals surface area contributed by atoms with Crippen LogP contribution in [0.15, 0.2) is 0 Å². The number of hydrogen-bond acceptors (Lipinski definition) is 8. The van der Waals surface area contributed by atoms with Crippen LogP contribution in [-0.4, -0.2) is 76.7 Å². The first kappa shape index (κ1) is 20.6. The quantitative estimate of drug-likeness (QED) is 0.225. The Balaban J connectivity index is 5.68. The molecule has 0 aromatic rings. The van der Waals surface area contributed by atoms with Gasteiger partial charge in [0.25, 0.3) is 30.4 Å². The van der Waals surface area contributed by atoms with E-state index in [9.17, 15) is 25.3 Å². The minimum atomic E-state index is -4.84. The van der Waals surface area contributed by atoms with E-state index in [-0.39, 0.29) is 0 Å². The minimum absolute atomic E-state index is 0.440. The normalized spacial score (nSPS) is 14.3. The maximum absolute atomic E-state index is 11.0. The Hall–Kier alpha value is -0.350. The summed E-state index contributed by atoms with van der Waals surface area (Å²) in [6.07, 6.45) is 0. The average Bonchev–Trinajstić information content (AvgIpc) is 2.08. The molecule has 11 nitrogen and oxygen atoms in total. The molecule has 128 valence electrons. The number of rotatable bonds is 10. The predicted octanol–water partition coefficient (Wildman–Crippen LogP) is -1.74. The Morgan fingerprint density at radius 3 is 1.38 bits per heavy atom. The molecule has 0 bridgehead atoms. The molecule has 0 saturated carbocycles. The fourth-order valence-electron chi connectivity index (χ4n) is 1.75.